The number of benzene rings is 1. The van der Waals surface area contributed by atoms with Crippen LogP contribution in [0.25, 0.3) is 0 Å². The molecule has 16 heavy (non-hydrogen) atoms. The van der Waals surface area contributed by atoms with Gasteiger partial charge in [0.25, 0.3) is 0 Å². The van der Waals surface area contributed by atoms with Crippen molar-refractivity contribution in [1.82, 2.24) is 9.62 Å². The van der Waals surface area contributed by atoms with Gasteiger partial charge in [0, 0.05) is 18.0 Å². The second-order valence-corrected chi connectivity index (χ2v) is 6.30. The molecule has 0 radical (unpaired) electrons. The largest absolute Gasteiger partial charge is 0.308 e. The molecule has 1 aromatic carbocycles. The molecule has 1 rings (SSSR count). The Bertz CT molecular complexity index is 421. The van der Waals surface area contributed by atoms with Crippen LogP contribution in [-0.2, 0) is 9.71 Å². The van der Waals surface area contributed by atoms with Gasteiger partial charge in [-0.3, -0.25) is 0 Å². The van der Waals surface area contributed by atoms with Gasteiger partial charge in [-0.25, -0.2) is 8.93 Å². The third kappa shape index (κ3) is 3.96. The lowest BCUT2D eigenvalue weighted by Gasteiger charge is -2.14. The summed E-state index contributed by atoms with van der Waals surface area (Å²) >= 11 is 0. The Labute approximate surface area is 98.6 Å². The van der Waals surface area contributed by atoms with Crippen LogP contribution < -0.4 is 4.72 Å². The summed E-state index contributed by atoms with van der Waals surface area (Å²) in [6.07, 6.45) is 0. The lowest BCUT2D eigenvalue weighted by atomic mass is 10.2. The quantitative estimate of drug-likeness (QED) is 0.783. The highest BCUT2D eigenvalue weighted by molar-refractivity contribution is 7.98. The molecule has 0 heterocycles. The minimum absolute atomic E-state index is 0.670. The Morgan fingerprint density at radius 1 is 1.31 bits per heavy atom. The number of hydrogen-bond acceptors (Lipinski definition) is 2. The number of likely N-dealkylation sites (N-methyl/N-ethyl adjacent to an activating group) is 1. The van der Waals surface area contributed by atoms with Crippen LogP contribution in [0.15, 0.2) is 29.2 Å². The van der Waals surface area contributed by atoms with Crippen molar-refractivity contribution >= 4 is 15.6 Å². The number of rotatable bonds is 5. The van der Waals surface area contributed by atoms with E-state index in [2.05, 4.69) is 10.6 Å². The van der Waals surface area contributed by atoms with Crippen LogP contribution in [0.5, 0.6) is 0 Å². The Kier molecular flexibility index (Phi) is 4.53. The van der Waals surface area contributed by atoms with Crippen LogP contribution in [-0.4, -0.2) is 42.2 Å². The monoisotopic (exact) mass is 240 g/mol. The van der Waals surface area contributed by atoms with Crippen LogP contribution in [0.2, 0.25) is 0 Å². The number of aryl methyl sites for hydroxylation is 1. The average molecular weight is 240 g/mol. The van der Waals surface area contributed by atoms with Crippen LogP contribution in [0.3, 0.4) is 0 Å². The van der Waals surface area contributed by atoms with Crippen LogP contribution >= 0.6 is 0 Å². The van der Waals surface area contributed by atoms with Gasteiger partial charge >= 0.3 is 0 Å². The Balaban J connectivity index is 2.67. The van der Waals surface area contributed by atoms with Gasteiger partial charge in [-0.2, -0.15) is 0 Å². The first-order valence-electron chi connectivity index (χ1n) is 5.25. The normalized spacial score (nSPS) is 15.0. The first-order chi connectivity index (χ1) is 7.42. The molecule has 0 aliphatic heterocycles. The summed E-state index contributed by atoms with van der Waals surface area (Å²) < 4.78 is 15.2. The molecule has 0 saturated carbocycles. The zero-order valence-electron chi connectivity index (χ0n) is 10.2. The maximum absolute atomic E-state index is 12.2. The van der Waals surface area contributed by atoms with E-state index in [9.17, 15) is 4.21 Å². The van der Waals surface area contributed by atoms with Crippen LogP contribution in [0, 0.1) is 6.92 Å². The van der Waals surface area contributed by atoms with Crippen LogP contribution in [0.4, 0.5) is 0 Å². The predicted molar refractivity (Wildman–Crippen MR) is 71.3 cm³/mol. The molecule has 0 aliphatic rings. The van der Waals surface area contributed by atoms with E-state index < -0.39 is 9.71 Å². The number of nitrogens with zero attached hydrogens (tertiary/aromatic N) is 1. The summed E-state index contributed by atoms with van der Waals surface area (Å²) in [6, 6.07) is 7.64. The van der Waals surface area contributed by atoms with E-state index in [-0.39, 0.29) is 0 Å². The van der Waals surface area contributed by atoms with Gasteiger partial charge < -0.3 is 4.90 Å². The highest BCUT2D eigenvalue weighted by Crippen LogP contribution is 2.09. The molecule has 90 valence electrons. The van der Waals surface area contributed by atoms with Crippen molar-refractivity contribution in [3.8, 4) is 0 Å². The van der Waals surface area contributed by atoms with E-state index >= 15 is 0 Å². The topological polar surface area (TPSA) is 32.3 Å². The van der Waals surface area contributed by atoms with E-state index in [1.54, 1.807) is 0 Å². The van der Waals surface area contributed by atoms with Crippen molar-refractivity contribution in [2.75, 3.05) is 27.2 Å². The smallest absolute Gasteiger partial charge is 0.0533 e. The Hall–Kier alpha value is -0.840. The van der Waals surface area contributed by atoms with Crippen molar-refractivity contribution in [2.45, 2.75) is 11.8 Å². The van der Waals surface area contributed by atoms with Crippen molar-refractivity contribution in [3.63, 3.8) is 0 Å². The summed E-state index contributed by atoms with van der Waals surface area (Å²) in [5, 5.41) is 0. The highest BCUT2D eigenvalue weighted by atomic mass is 32.2. The summed E-state index contributed by atoms with van der Waals surface area (Å²) in [5.74, 6) is 3.76. The standard InChI is InChI=1S/C12H20N2OS/c1-11-5-7-12(8-6-11)16(4,15)13-9-10-14(2)3/h5-8H,4,9-10H2,1-3H3,(H,13,15). The van der Waals surface area contributed by atoms with Crippen molar-refractivity contribution in [1.29, 1.82) is 0 Å². The highest BCUT2D eigenvalue weighted by Gasteiger charge is 2.06. The fourth-order valence-electron chi connectivity index (χ4n) is 1.28. The van der Waals surface area contributed by atoms with Gasteiger partial charge in [0.15, 0.2) is 0 Å². The molecule has 0 amide bonds. The van der Waals surface area contributed by atoms with E-state index in [1.807, 2.05) is 50.2 Å². The summed E-state index contributed by atoms with van der Waals surface area (Å²) in [6.45, 7) is 3.52. The molecule has 1 atom stereocenters. The molecule has 0 aliphatic carbocycles. The van der Waals surface area contributed by atoms with Gasteiger partial charge in [-0.15, -0.1) is 0 Å². The zero-order chi connectivity index (χ0) is 12.2. The predicted octanol–water partition coefficient (Wildman–Crippen LogP) is 1.14. The van der Waals surface area contributed by atoms with Crippen LogP contribution in [0.1, 0.15) is 5.56 Å². The van der Waals surface area contributed by atoms with E-state index in [4.69, 9.17) is 0 Å². The molecule has 0 aromatic heterocycles. The van der Waals surface area contributed by atoms with Gasteiger partial charge in [0.05, 0.1) is 9.71 Å². The van der Waals surface area contributed by atoms with Crippen molar-refractivity contribution in [3.05, 3.63) is 29.8 Å². The fraction of sp³-hybridized carbons (Fsp3) is 0.417. The molecule has 1 aromatic rings. The van der Waals surface area contributed by atoms with Gasteiger partial charge in [0.1, 0.15) is 0 Å². The third-order valence-corrected chi connectivity index (χ3v) is 4.00. The average Bonchev–Trinajstić information content (AvgIpc) is 2.17. The van der Waals surface area contributed by atoms with Crippen molar-refractivity contribution < 1.29 is 4.21 Å². The van der Waals surface area contributed by atoms with E-state index in [0.717, 1.165) is 17.0 Å². The second-order valence-electron chi connectivity index (χ2n) is 4.19. The minimum Gasteiger partial charge on any atom is -0.308 e. The fourth-order valence-corrected chi connectivity index (χ4v) is 2.44. The molecule has 4 heteroatoms. The number of hydrogen-bond donors (Lipinski definition) is 1. The lowest BCUT2D eigenvalue weighted by molar-refractivity contribution is 0.414. The molecule has 0 fully saturated rings. The first-order valence-corrected chi connectivity index (χ1v) is 6.98. The Morgan fingerprint density at radius 2 is 1.88 bits per heavy atom. The second kappa shape index (κ2) is 5.48. The van der Waals surface area contributed by atoms with Gasteiger partial charge in [0.2, 0.25) is 0 Å². The molecule has 3 nitrogen and oxygen atoms in total. The third-order valence-electron chi connectivity index (χ3n) is 2.30. The molecular weight excluding hydrogens is 220 g/mol. The lowest BCUT2D eigenvalue weighted by Crippen LogP contribution is -2.31. The molecule has 0 spiro atoms. The first kappa shape index (κ1) is 13.2. The molecule has 0 bridgehead atoms. The van der Waals surface area contributed by atoms with Gasteiger partial charge in [-0.05, 0) is 39.0 Å². The minimum atomic E-state index is -2.35. The number of nitrogens with one attached hydrogen (secondary N) is 1. The molecule has 1 N–H and O–H groups in total. The Morgan fingerprint density at radius 3 is 2.38 bits per heavy atom. The maximum atomic E-state index is 12.2. The summed E-state index contributed by atoms with van der Waals surface area (Å²) in [4.78, 5) is 2.80. The SMILES string of the molecule is C=S(=O)(NCCN(C)C)c1ccc(C)cc1. The van der Waals surface area contributed by atoms with Gasteiger partial charge in [-0.1, -0.05) is 17.7 Å². The van der Waals surface area contributed by atoms with Crippen molar-refractivity contribution in [2.24, 2.45) is 0 Å². The molecule has 0 saturated heterocycles. The maximum Gasteiger partial charge on any atom is 0.0533 e. The molecule has 1 unspecified atom stereocenters. The molecular formula is C12H20N2OS. The van der Waals surface area contributed by atoms with E-state index in [1.165, 1.54) is 0 Å². The van der Waals surface area contributed by atoms with E-state index in [0.29, 0.717) is 6.54 Å². The zero-order valence-corrected chi connectivity index (χ0v) is 11.0. The summed E-state index contributed by atoms with van der Waals surface area (Å²) in [7, 11) is 1.62. The summed E-state index contributed by atoms with van der Waals surface area (Å²) in [5.41, 5.74) is 1.16.